The first kappa shape index (κ1) is 12.3. The molecule has 1 unspecified atom stereocenters. The third-order valence-corrected chi connectivity index (χ3v) is 3.21. The van der Waals surface area contributed by atoms with Crippen molar-refractivity contribution >= 4 is 11.9 Å². The molecule has 96 valence electrons. The van der Waals surface area contributed by atoms with Crippen LogP contribution in [0.1, 0.15) is 19.3 Å². The predicted molar refractivity (Wildman–Crippen MR) is 63.6 cm³/mol. The van der Waals surface area contributed by atoms with E-state index in [1.165, 1.54) is 0 Å². The van der Waals surface area contributed by atoms with E-state index < -0.39 is 0 Å². The van der Waals surface area contributed by atoms with Gasteiger partial charge in [0, 0.05) is 25.2 Å². The summed E-state index contributed by atoms with van der Waals surface area (Å²) in [6, 6.07) is 0.383. The van der Waals surface area contributed by atoms with Crippen molar-refractivity contribution in [2.45, 2.75) is 31.3 Å². The van der Waals surface area contributed by atoms with Crippen LogP contribution in [0.5, 0.6) is 0 Å². The molecule has 0 radical (unpaired) electrons. The van der Waals surface area contributed by atoms with Crippen LogP contribution in [0.2, 0.25) is 0 Å². The number of hydrogen-bond donors (Lipinski definition) is 3. The SMILES string of the molecule is CNC1CCN(CC(=O)NC(=O)NC2CC2)C1. The van der Waals surface area contributed by atoms with Crippen LogP contribution in [0.4, 0.5) is 4.79 Å². The molecule has 1 heterocycles. The first-order valence-corrected chi connectivity index (χ1v) is 6.17. The molecule has 0 aromatic carbocycles. The number of carbonyl (C=O) groups excluding carboxylic acids is 2. The first-order chi connectivity index (χ1) is 8.17. The fourth-order valence-corrected chi connectivity index (χ4v) is 2.03. The fraction of sp³-hybridized carbons (Fsp3) is 0.818. The summed E-state index contributed by atoms with van der Waals surface area (Å²) in [7, 11) is 1.93. The third-order valence-electron chi connectivity index (χ3n) is 3.21. The van der Waals surface area contributed by atoms with Crippen LogP contribution in [-0.4, -0.2) is 55.6 Å². The zero-order valence-electron chi connectivity index (χ0n) is 10.2. The van der Waals surface area contributed by atoms with Gasteiger partial charge in [-0.3, -0.25) is 15.0 Å². The molecule has 0 bridgehead atoms. The molecule has 6 heteroatoms. The van der Waals surface area contributed by atoms with Gasteiger partial charge in [-0.1, -0.05) is 0 Å². The van der Waals surface area contributed by atoms with Gasteiger partial charge in [0.1, 0.15) is 0 Å². The van der Waals surface area contributed by atoms with Crippen LogP contribution in [0, 0.1) is 0 Å². The Morgan fingerprint density at radius 1 is 1.24 bits per heavy atom. The second-order valence-electron chi connectivity index (χ2n) is 4.81. The minimum absolute atomic E-state index is 0.222. The van der Waals surface area contributed by atoms with E-state index in [0.717, 1.165) is 32.4 Å². The Bertz CT molecular complexity index is 304. The lowest BCUT2D eigenvalue weighted by atomic mass is 10.3. The zero-order valence-corrected chi connectivity index (χ0v) is 10.2. The van der Waals surface area contributed by atoms with Gasteiger partial charge in [-0.2, -0.15) is 0 Å². The highest BCUT2D eigenvalue weighted by Gasteiger charge is 2.25. The van der Waals surface area contributed by atoms with Crippen molar-refractivity contribution in [3.8, 4) is 0 Å². The number of hydrogen-bond acceptors (Lipinski definition) is 4. The zero-order chi connectivity index (χ0) is 12.3. The summed E-state index contributed by atoms with van der Waals surface area (Å²) in [5, 5.41) is 8.28. The summed E-state index contributed by atoms with van der Waals surface area (Å²) in [5.74, 6) is -0.222. The van der Waals surface area contributed by atoms with Crippen LogP contribution in [0.15, 0.2) is 0 Å². The number of amides is 3. The van der Waals surface area contributed by atoms with Crippen molar-refractivity contribution in [1.82, 2.24) is 20.9 Å². The Morgan fingerprint density at radius 3 is 2.59 bits per heavy atom. The average molecular weight is 240 g/mol. The summed E-state index contributed by atoms with van der Waals surface area (Å²) in [4.78, 5) is 25.0. The van der Waals surface area contributed by atoms with Crippen molar-refractivity contribution in [2.24, 2.45) is 0 Å². The maximum absolute atomic E-state index is 11.6. The number of carbonyl (C=O) groups is 2. The molecular weight excluding hydrogens is 220 g/mol. The van der Waals surface area contributed by atoms with Crippen molar-refractivity contribution in [3.63, 3.8) is 0 Å². The van der Waals surface area contributed by atoms with Crippen molar-refractivity contribution < 1.29 is 9.59 Å². The molecule has 0 spiro atoms. The maximum Gasteiger partial charge on any atom is 0.321 e. The second-order valence-corrected chi connectivity index (χ2v) is 4.81. The van der Waals surface area contributed by atoms with Crippen molar-refractivity contribution in [2.75, 3.05) is 26.7 Å². The minimum atomic E-state index is -0.359. The molecule has 1 saturated carbocycles. The van der Waals surface area contributed by atoms with Gasteiger partial charge in [0.25, 0.3) is 0 Å². The summed E-state index contributed by atoms with van der Waals surface area (Å²) in [6.07, 6.45) is 3.10. The molecule has 1 aliphatic heterocycles. The largest absolute Gasteiger partial charge is 0.335 e. The Hall–Kier alpha value is -1.14. The molecule has 3 N–H and O–H groups in total. The number of nitrogens with zero attached hydrogens (tertiary/aromatic N) is 1. The molecule has 1 saturated heterocycles. The minimum Gasteiger partial charge on any atom is -0.335 e. The monoisotopic (exact) mass is 240 g/mol. The molecule has 0 aromatic rings. The normalized spacial score (nSPS) is 24.6. The average Bonchev–Trinajstić information content (AvgIpc) is 2.95. The van der Waals surface area contributed by atoms with E-state index in [1.54, 1.807) is 0 Å². The van der Waals surface area contributed by atoms with Gasteiger partial charge in [0.15, 0.2) is 0 Å². The summed E-state index contributed by atoms with van der Waals surface area (Å²) < 4.78 is 0. The standard InChI is InChI=1S/C11H20N4O2/c1-12-9-4-5-15(6-9)7-10(16)14-11(17)13-8-2-3-8/h8-9,12H,2-7H2,1H3,(H2,13,14,16,17). The Balaban J connectivity index is 1.64. The molecule has 2 fully saturated rings. The van der Waals surface area contributed by atoms with Gasteiger partial charge in [-0.15, -0.1) is 0 Å². The van der Waals surface area contributed by atoms with E-state index in [2.05, 4.69) is 20.9 Å². The molecule has 0 aromatic heterocycles. The molecule has 1 atom stereocenters. The highest BCUT2D eigenvalue weighted by Crippen LogP contribution is 2.18. The summed E-state index contributed by atoms with van der Waals surface area (Å²) >= 11 is 0. The number of imide groups is 1. The number of rotatable bonds is 4. The van der Waals surface area contributed by atoms with Gasteiger partial charge in [-0.05, 0) is 26.3 Å². The summed E-state index contributed by atoms with van der Waals surface area (Å²) in [5.41, 5.74) is 0. The van der Waals surface area contributed by atoms with E-state index in [4.69, 9.17) is 0 Å². The van der Waals surface area contributed by atoms with Crippen LogP contribution < -0.4 is 16.0 Å². The van der Waals surface area contributed by atoms with E-state index in [1.807, 2.05) is 7.05 Å². The molecule has 1 aliphatic carbocycles. The van der Waals surface area contributed by atoms with E-state index in [0.29, 0.717) is 12.6 Å². The van der Waals surface area contributed by atoms with Crippen molar-refractivity contribution in [3.05, 3.63) is 0 Å². The topological polar surface area (TPSA) is 73.5 Å². The maximum atomic E-state index is 11.6. The van der Waals surface area contributed by atoms with E-state index in [9.17, 15) is 9.59 Å². The van der Waals surface area contributed by atoms with Gasteiger partial charge < -0.3 is 10.6 Å². The number of nitrogens with one attached hydrogen (secondary N) is 3. The van der Waals surface area contributed by atoms with Crippen LogP contribution in [0.3, 0.4) is 0 Å². The lowest BCUT2D eigenvalue weighted by Crippen LogP contribution is -2.45. The molecule has 2 rings (SSSR count). The molecule has 6 nitrogen and oxygen atoms in total. The number of likely N-dealkylation sites (N-methyl/N-ethyl adjacent to an activating group) is 1. The molecule has 2 aliphatic rings. The lowest BCUT2D eigenvalue weighted by molar-refractivity contribution is -0.120. The summed E-state index contributed by atoms with van der Waals surface area (Å²) in [6.45, 7) is 2.08. The fourth-order valence-electron chi connectivity index (χ4n) is 2.03. The third kappa shape index (κ3) is 3.98. The number of urea groups is 1. The van der Waals surface area contributed by atoms with E-state index in [-0.39, 0.29) is 18.0 Å². The number of likely N-dealkylation sites (tertiary alicyclic amines) is 1. The predicted octanol–water partition coefficient (Wildman–Crippen LogP) is -0.732. The lowest BCUT2D eigenvalue weighted by Gasteiger charge is -2.15. The second kappa shape index (κ2) is 5.46. The van der Waals surface area contributed by atoms with Gasteiger partial charge in [-0.25, -0.2) is 4.79 Å². The van der Waals surface area contributed by atoms with Crippen LogP contribution in [-0.2, 0) is 4.79 Å². The first-order valence-electron chi connectivity index (χ1n) is 6.17. The van der Waals surface area contributed by atoms with Crippen LogP contribution in [0.25, 0.3) is 0 Å². The van der Waals surface area contributed by atoms with Crippen LogP contribution >= 0.6 is 0 Å². The van der Waals surface area contributed by atoms with E-state index >= 15 is 0 Å². The van der Waals surface area contributed by atoms with Gasteiger partial charge >= 0.3 is 6.03 Å². The molecule has 17 heavy (non-hydrogen) atoms. The quantitative estimate of drug-likeness (QED) is 0.605. The highest BCUT2D eigenvalue weighted by atomic mass is 16.2. The Labute approximate surface area is 101 Å². The molecular formula is C11H20N4O2. The van der Waals surface area contributed by atoms with Gasteiger partial charge in [0.2, 0.25) is 5.91 Å². The van der Waals surface area contributed by atoms with Crippen molar-refractivity contribution in [1.29, 1.82) is 0 Å². The highest BCUT2D eigenvalue weighted by molar-refractivity contribution is 5.95. The Kier molecular flexibility index (Phi) is 3.96. The molecule has 3 amide bonds. The smallest absolute Gasteiger partial charge is 0.321 e. The Morgan fingerprint density at radius 2 is 2.00 bits per heavy atom. The van der Waals surface area contributed by atoms with Gasteiger partial charge in [0.05, 0.1) is 6.54 Å².